The van der Waals surface area contributed by atoms with Crippen molar-refractivity contribution in [2.24, 2.45) is 0 Å². The molecule has 2 fully saturated rings. The van der Waals surface area contributed by atoms with E-state index in [4.69, 9.17) is 4.42 Å². The van der Waals surface area contributed by atoms with Crippen molar-refractivity contribution in [1.29, 1.82) is 0 Å². The first-order valence-corrected chi connectivity index (χ1v) is 10.2. The SMILES string of the molecule is O=C(NCCCc1ccco1)[C@@H]1CCCN1c1nnc(N2CCCC2=O)s1. The maximum atomic E-state index is 12.6. The van der Waals surface area contributed by atoms with Crippen molar-refractivity contribution >= 4 is 33.4 Å². The number of nitrogens with one attached hydrogen (secondary N) is 1. The van der Waals surface area contributed by atoms with Crippen LogP contribution in [-0.4, -0.2) is 47.7 Å². The summed E-state index contributed by atoms with van der Waals surface area (Å²) in [6.07, 6.45) is 6.50. The summed E-state index contributed by atoms with van der Waals surface area (Å²) in [5.74, 6) is 1.07. The molecule has 27 heavy (non-hydrogen) atoms. The topological polar surface area (TPSA) is 91.6 Å². The molecule has 0 aromatic carbocycles. The molecule has 0 bridgehead atoms. The number of hydrogen-bond donors (Lipinski definition) is 1. The van der Waals surface area contributed by atoms with E-state index in [0.29, 0.717) is 24.6 Å². The van der Waals surface area contributed by atoms with Crippen LogP contribution in [0.15, 0.2) is 22.8 Å². The van der Waals surface area contributed by atoms with Crippen LogP contribution in [-0.2, 0) is 16.0 Å². The van der Waals surface area contributed by atoms with E-state index in [1.165, 1.54) is 11.3 Å². The number of anilines is 2. The molecule has 0 aliphatic carbocycles. The van der Waals surface area contributed by atoms with Crippen LogP contribution >= 0.6 is 11.3 Å². The lowest BCUT2D eigenvalue weighted by molar-refractivity contribution is -0.122. The molecule has 2 aromatic heterocycles. The van der Waals surface area contributed by atoms with Crippen molar-refractivity contribution in [1.82, 2.24) is 15.5 Å². The molecular formula is C18H23N5O3S. The van der Waals surface area contributed by atoms with Crippen LogP contribution in [0.3, 0.4) is 0 Å². The van der Waals surface area contributed by atoms with Gasteiger partial charge in [-0.2, -0.15) is 0 Å². The number of rotatable bonds is 7. The summed E-state index contributed by atoms with van der Waals surface area (Å²) in [6, 6.07) is 3.60. The third-order valence-corrected chi connectivity index (χ3v) is 5.97. The Labute approximate surface area is 161 Å². The molecule has 4 heterocycles. The summed E-state index contributed by atoms with van der Waals surface area (Å²) in [4.78, 5) is 28.2. The molecular weight excluding hydrogens is 366 g/mol. The van der Waals surface area contributed by atoms with Crippen LogP contribution in [0.1, 0.15) is 37.9 Å². The Kier molecular flexibility index (Phi) is 5.38. The van der Waals surface area contributed by atoms with Gasteiger partial charge in [-0.05, 0) is 37.8 Å². The van der Waals surface area contributed by atoms with Crippen LogP contribution in [0, 0.1) is 0 Å². The standard InChI is InChI=1S/C18H23N5O3S/c24-15-8-3-11-23(15)18-21-20-17(27-18)22-10-2-7-14(22)16(25)19-9-1-5-13-6-4-12-26-13/h4,6,12,14H,1-3,5,7-11H2,(H,19,25)/t14-/m0/s1. The largest absolute Gasteiger partial charge is 0.469 e. The highest BCUT2D eigenvalue weighted by Gasteiger charge is 2.34. The Morgan fingerprint density at radius 2 is 2.19 bits per heavy atom. The highest BCUT2D eigenvalue weighted by atomic mass is 32.1. The number of aromatic nitrogens is 2. The number of hydrogen-bond acceptors (Lipinski definition) is 7. The summed E-state index contributed by atoms with van der Waals surface area (Å²) in [6.45, 7) is 2.10. The molecule has 2 saturated heterocycles. The van der Waals surface area contributed by atoms with Crippen molar-refractivity contribution in [2.75, 3.05) is 29.4 Å². The first-order chi connectivity index (χ1) is 13.2. The van der Waals surface area contributed by atoms with Gasteiger partial charge < -0.3 is 14.6 Å². The zero-order valence-corrected chi connectivity index (χ0v) is 15.9. The highest BCUT2D eigenvalue weighted by molar-refractivity contribution is 7.19. The lowest BCUT2D eigenvalue weighted by atomic mass is 10.2. The minimum Gasteiger partial charge on any atom is -0.469 e. The molecule has 2 aromatic rings. The molecule has 0 spiro atoms. The average Bonchev–Trinajstić information content (AvgIpc) is 3.45. The summed E-state index contributed by atoms with van der Waals surface area (Å²) in [5.41, 5.74) is 0. The minimum absolute atomic E-state index is 0.0287. The van der Waals surface area contributed by atoms with E-state index in [0.717, 1.165) is 49.5 Å². The Morgan fingerprint density at radius 3 is 2.96 bits per heavy atom. The second-order valence-corrected chi connectivity index (χ2v) is 7.78. The lowest BCUT2D eigenvalue weighted by Gasteiger charge is -2.22. The van der Waals surface area contributed by atoms with Crippen LogP contribution < -0.4 is 15.1 Å². The normalized spacial score (nSPS) is 19.9. The second kappa shape index (κ2) is 8.08. The summed E-state index contributed by atoms with van der Waals surface area (Å²) in [5, 5.41) is 12.8. The number of aryl methyl sites for hydroxylation is 1. The molecule has 4 rings (SSSR count). The Hall–Kier alpha value is -2.42. The predicted octanol–water partition coefficient (Wildman–Crippen LogP) is 1.98. The van der Waals surface area contributed by atoms with Gasteiger partial charge in [0, 0.05) is 32.5 Å². The molecule has 0 unspecified atom stereocenters. The first kappa shape index (κ1) is 18.0. The molecule has 0 radical (unpaired) electrons. The first-order valence-electron chi connectivity index (χ1n) is 9.43. The fourth-order valence-electron chi connectivity index (χ4n) is 3.60. The Bertz CT molecular complexity index is 791. The van der Waals surface area contributed by atoms with Gasteiger partial charge in [-0.25, -0.2) is 0 Å². The van der Waals surface area contributed by atoms with Crippen molar-refractivity contribution in [3.63, 3.8) is 0 Å². The summed E-state index contributed by atoms with van der Waals surface area (Å²) in [7, 11) is 0. The second-order valence-electron chi connectivity index (χ2n) is 6.84. The van der Waals surface area contributed by atoms with Gasteiger partial charge in [-0.3, -0.25) is 14.5 Å². The van der Waals surface area contributed by atoms with Gasteiger partial charge >= 0.3 is 0 Å². The van der Waals surface area contributed by atoms with Crippen LogP contribution in [0.4, 0.5) is 10.3 Å². The van der Waals surface area contributed by atoms with Gasteiger partial charge in [0.05, 0.1) is 6.26 Å². The van der Waals surface area contributed by atoms with Crippen molar-refractivity contribution in [3.05, 3.63) is 24.2 Å². The molecule has 1 atom stereocenters. The fourth-order valence-corrected chi connectivity index (χ4v) is 4.56. The molecule has 2 aliphatic heterocycles. The van der Waals surface area contributed by atoms with E-state index >= 15 is 0 Å². The highest BCUT2D eigenvalue weighted by Crippen LogP contribution is 2.33. The monoisotopic (exact) mass is 389 g/mol. The molecule has 2 amide bonds. The van der Waals surface area contributed by atoms with Crippen LogP contribution in [0.25, 0.3) is 0 Å². The molecule has 2 aliphatic rings. The van der Waals surface area contributed by atoms with Crippen molar-refractivity contribution in [2.45, 2.75) is 44.6 Å². The van der Waals surface area contributed by atoms with E-state index in [1.807, 2.05) is 17.0 Å². The number of furan rings is 1. The van der Waals surface area contributed by atoms with Gasteiger partial charge in [0.15, 0.2) is 0 Å². The minimum atomic E-state index is -0.219. The fraction of sp³-hybridized carbons (Fsp3) is 0.556. The number of nitrogens with zero attached hydrogens (tertiary/aromatic N) is 4. The van der Waals surface area contributed by atoms with Crippen molar-refractivity contribution < 1.29 is 14.0 Å². The molecule has 144 valence electrons. The molecule has 1 N–H and O–H groups in total. The van der Waals surface area contributed by atoms with Crippen molar-refractivity contribution in [3.8, 4) is 0 Å². The lowest BCUT2D eigenvalue weighted by Crippen LogP contribution is -2.43. The van der Waals surface area contributed by atoms with Gasteiger partial charge in [0.2, 0.25) is 22.1 Å². The third-order valence-electron chi connectivity index (χ3n) is 4.99. The zero-order chi connectivity index (χ0) is 18.6. The summed E-state index contributed by atoms with van der Waals surface area (Å²) < 4.78 is 5.30. The van der Waals surface area contributed by atoms with Gasteiger partial charge in [-0.1, -0.05) is 11.3 Å². The number of carbonyl (C=O) groups excluding carboxylic acids is 2. The van der Waals surface area contributed by atoms with E-state index in [1.54, 1.807) is 11.2 Å². The van der Waals surface area contributed by atoms with E-state index in [9.17, 15) is 9.59 Å². The van der Waals surface area contributed by atoms with E-state index in [2.05, 4.69) is 15.5 Å². The smallest absolute Gasteiger partial charge is 0.242 e. The molecule has 0 saturated carbocycles. The van der Waals surface area contributed by atoms with Gasteiger partial charge in [0.1, 0.15) is 11.8 Å². The Balaban J connectivity index is 1.32. The number of carbonyl (C=O) groups is 2. The van der Waals surface area contributed by atoms with Crippen LogP contribution in [0.5, 0.6) is 0 Å². The van der Waals surface area contributed by atoms with Gasteiger partial charge in [0.25, 0.3) is 0 Å². The van der Waals surface area contributed by atoms with E-state index < -0.39 is 0 Å². The average molecular weight is 389 g/mol. The maximum absolute atomic E-state index is 12.6. The van der Waals surface area contributed by atoms with Gasteiger partial charge in [-0.15, -0.1) is 10.2 Å². The van der Waals surface area contributed by atoms with Crippen LogP contribution in [0.2, 0.25) is 0 Å². The summed E-state index contributed by atoms with van der Waals surface area (Å²) >= 11 is 1.40. The quantitative estimate of drug-likeness (QED) is 0.728. The molecule has 9 heteroatoms. The molecule has 8 nitrogen and oxygen atoms in total. The Morgan fingerprint density at radius 1 is 1.30 bits per heavy atom. The van der Waals surface area contributed by atoms with E-state index in [-0.39, 0.29) is 17.9 Å². The zero-order valence-electron chi connectivity index (χ0n) is 15.1. The third kappa shape index (κ3) is 3.97. The maximum Gasteiger partial charge on any atom is 0.242 e. The number of amides is 2. The predicted molar refractivity (Wildman–Crippen MR) is 102 cm³/mol.